The number of hydrogen-bond donors (Lipinski definition) is 2. The minimum Gasteiger partial charge on any atom is -0.398 e. The van der Waals surface area contributed by atoms with E-state index in [4.69, 9.17) is 17.3 Å². The lowest BCUT2D eigenvalue weighted by atomic mass is 10.0. The lowest BCUT2D eigenvalue weighted by molar-refractivity contribution is 0.102. The standard InChI is InChI=1S/C16H12ClN3O/c17-14-6-3-7-15(19-14)20-16(21)12-8-10-4-1-2-5-11(10)9-13(12)18/h1-9H,18H2,(H,19,20,21). The molecular weight excluding hydrogens is 286 g/mol. The summed E-state index contributed by atoms with van der Waals surface area (Å²) in [7, 11) is 0. The molecule has 0 aliphatic rings. The highest BCUT2D eigenvalue weighted by Gasteiger charge is 2.12. The predicted molar refractivity (Wildman–Crippen MR) is 85.6 cm³/mol. The summed E-state index contributed by atoms with van der Waals surface area (Å²) in [6.45, 7) is 0. The van der Waals surface area contributed by atoms with Crippen LogP contribution in [0.1, 0.15) is 10.4 Å². The van der Waals surface area contributed by atoms with Gasteiger partial charge in [-0.05, 0) is 35.0 Å². The minimum absolute atomic E-state index is 0.312. The van der Waals surface area contributed by atoms with Crippen LogP contribution < -0.4 is 11.1 Å². The number of fused-ring (bicyclic) bond motifs is 1. The molecule has 104 valence electrons. The van der Waals surface area contributed by atoms with E-state index < -0.39 is 0 Å². The summed E-state index contributed by atoms with van der Waals surface area (Å²) in [5, 5.41) is 4.96. The Labute approximate surface area is 126 Å². The van der Waals surface area contributed by atoms with Crippen LogP contribution in [-0.4, -0.2) is 10.9 Å². The Hall–Kier alpha value is -2.59. The zero-order chi connectivity index (χ0) is 14.8. The third-order valence-electron chi connectivity index (χ3n) is 3.12. The monoisotopic (exact) mass is 297 g/mol. The Bertz CT molecular complexity index is 833. The average Bonchev–Trinajstić information content (AvgIpc) is 2.46. The molecule has 3 rings (SSSR count). The van der Waals surface area contributed by atoms with Crippen molar-refractivity contribution in [3.63, 3.8) is 0 Å². The molecule has 0 atom stereocenters. The van der Waals surface area contributed by atoms with Crippen LogP contribution in [0, 0.1) is 0 Å². The van der Waals surface area contributed by atoms with E-state index in [1.54, 1.807) is 30.3 Å². The Kier molecular flexibility index (Phi) is 3.46. The lowest BCUT2D eigenvalue weighted by Gasteiger charge is -2.09. The van der Waals surface area contributed by atoms with Crippen LogP contribution in [-0.2, 0) is 0 Å². The van der Waals surface area contributed by atoms with Gasteiger partial charge in [0.1, 0.15) is 11.0 Å². The molecule has 0 fully saturated rings. The van der Waals surface area contributed by atoms with Crippen molar-refractivity contribution in [3.8, 4) is 0 Å². The Morgan fingerprint density at radius 3 is 2.48 bits per heavy atom. The third-order valence-corrected chi connectivity index (χ3v) is 3.33. The first-order valence-electron chi connectivity index (χ1n) is 6.36. The zero-order valence-corrected chi connectivity index (χ0v) is 11.8. The van der Waals surface area contributed by atoms with E-state index in [-0.39, 0.29) is 5.91 Å². The molecule has 0 saturated heterocycles. The second kappa shape index (κ2) is 5.42. The maximum atomic E-state index is 12.3. The SMILES string of the molecule is Nc1cc2ccccc2cc1C(=O)Nc1cccc(Cl)n1. The molecule has 0 saturated carbocycles. The van der Waals surface area contributed by atoms with Crippen LogP contribution in [0.2, 0.25) is 5.15 Å². The van der Waals surface area contributed by atoms with Gasteiger partial charge in [0, 0.05) is 5.69 Å². The molecule has 0 aliphatic carbocycles. The molecule has 21 heavy (non-hydrogen) atoms. The van der Waals surface area contributed by atoms with Gasteiger partial charge in [-0.2, -0.15) is 0 Å². The molecule has 5 heteroatoms. The summed E-state index contributed by atoms with van der Waals surface area (Å²) in [6, 6.07) is 16.3. The van der Waals surface area contributed by atoms with Crippen molar-refractivity contribution < 1.29 is 4.79 Å². The Balaban J connectivity index is 1.96. The van der Waals surface area contributed by atoms with Gasteiger partial charge in [-0.3, -0.25) is 4.79 Å². The second-order valence-corrected chi connectivity index (χ2v) is 4.97. The molecule has 1 heterocycles. The summed E-state index contributed by atoms with van der Waals surface area (Å²) in [5.41, 5.74) is 6.80. The fourth-order valence-corrected chi connectivity index (χ4v) is 2.28. The molecule has 0 aliphatic heterocycles. The zero-order valence-electron chi connectivity index (χ0n) is 11.0. The van der Waals surface area contributed by atoms with Crippen molar-refractivity contribution >= 4 is 39.8 Å². The van der Waals surface area contributed by atoms with Gasteiger partial charge in [-0.1, -0.05) is 41.9 Å². The van der Waals surface area contributed by atoms with E-state index in [9.17, 15) is 4.79 Å². The van der Waals surface area contributed by atoms with Gasteiger partial charge >= 0.3 is 0 Å². The number of halogens is 1. The molecule has 0 spiro atoms. The number of nitrogens with two attached hydrogens (primary N) is 1. The molecule has 0 bridgehead atoms. The van der Waals surface area contributed by atoms with E-state index in [1.165, 1.54) is 0 Å². The van der Waals surface area contributed by atoms with Crippen LogP contribution in [0.5, 0.6) is 0 Å². The van der Waals surface area contributed by atoms with Crippen LogP contribution in [0.3, 0.4) is 0 Å². The molecule has 0 radical (unpaired) electrons. The predicted octanol–water partition coefficient (Wildman–Crippen LogP) is 3.72. The third kappa shape index (κ3) is 2.80. The fraction of sp³-hybridized carbons (Fsp3) is 0. The Morgan fingerprint density at radius 1 is 1.05 bits per heavy atom. The molecule has 2 aromatic carbocycles. The van der Waals surface area contributed by atoms with Crippen molar-refractivity contribution in [3.05, 3.63) is 65.3 Å². The van der Waals surface area contributed by atoms with Gasteiger partial charge in [0.15, 0.2) is 0 Å². The summed E-state index contributed by atoms with van der Waals surface area (Å²) in [6.07, 6.45) is 0. The average molecular weight is 298 g/mol. The van der Waals surface area contributed by atoms with E-state index in [0.717, 1.165) is 10.8 Å². The number of nitrogens with one attached hydrogen (secondary N) is 1. The number of aromatic nitrogens is 1. The van der Waals surface area contributed by atoms with E-state index in [1.807, 2.05) is 24.3 Å². The van der Waals surface area contributed by atoms with Gasteiger partial charge < -0.3 is 11.1 Å². The number of amides is 1. The minimum atomic E-state index is -0.312. The molecule has 0 unspecified atom stereocenters. The van der Waals surface area contributed by atoms with Crippen molar-refractivity contribution in [2.75, 3.05) is 11.1 Å². The highest BCUT2D eigenvalue weighted by Crippen LogP contribution is 2.22. The first kappa shape index (κ1) is 13.4. The number of pyridine rings is 1. The number of benzene rings is 2. The van der Waals surface area contributed by atoms with Gasteiger partial charge in [-0.25, -0.2) is 4.98 Å². The lowest BCUT2D eigenvalue weighted by Crippen LogP contribution is -2.15. The number of hydrogen-bond acceptors (Lipinski definition) is 3. The fourth-order valence-electron chi connectivity index (χ4n) is 2.12. The van der Waals surface area contributed by atoms with E-state index in [2.05, 4.69) is 10.3 Å². The number of carbonyl (C=O) groups excluding carboxylic acids is 1. The highest BCUT2D eigenvalue weighted by molar-refractivity contribution is 6.29. The summed E-state index contributed by atoms with van der Waals surface area (Å²) >= 11 is 5.80. The number of carbonyl (C=O) groups is 1. The highest BCUT2D eigenvalue weighted by atomic mass is 35.5. The van der Waals surface area contributed by atoms with Crippen LogP contribution in [0.4, 0.5) is 11.5 Å². The van der Waals surface area contributed by atoms with Crippen LogP contribution >= 0.6 is 11.6 Å². The normalized spacial score (nSPS) is 10.5. The number of nitrogen functional groups attached to an aromatic ring is 1. The van der Waals surface area contributed by atoms with Crippen molar-refractivity contribution in [2.24, 2.45) is 0 Å². The topological polar surface area (TPSA) is 68.0 Å². The summed E-state index contributed by atoms with van der Waals surface area (Å²) in [4.78, 5) is 16.3. The molecular formula is C16H12ClN3O. The van der Waals surface area contributed by atoms with Gasteiger partial charge in [-0.15, -0.1) is 0 Å². The van der Waals surface area contributed by atoms with E-state index in [0.29, 0.717) is 22.2 Å². The first-order valence-corrected chi connectivity index (χ1v) is 6.73. The molecule has 1 aromatic heterocycles. The first-order chi connectivity index (χ1) is 10.1. The number of rotatable bonds is 2. The van der Waals surface area contributed by atoms with Crippen molar-refractivity contribution in [2.45, 2.75) is 0 Å². The smallest absolute Gasteiger partial charge is 0.258 e. The van der Waals surface area contributed by atoms with Crippen molar-refractivity contribution in [1.82, 2.24) is 4.98 Å². The maximum absolute atomic E-state index is 12.3. The molecule has 3 aromatic rings. The maximum Gasteiger partial charge on any atom is 0.258 e. The van der Waals surface area contributed by atoms with Crippen LogP contribution in [0.25, 0.3) is 10.8 Å². The van der Waals surface area contributed by atoms with Crippen LogP contribution in [0.15, 0.2) is 54.6 Å². The summed E-state index contributed by atoms with van der Waals surface area (Å²) in [5.74, 6) is 0.0769. The largest absolute Gasteiger partial charge is 0.398 e. The second-order valence-electron chi connectivity index (χ2n) is 4.59. The molecule has 1 amide bonds. The number of nitrogens with zero attached hydrogens (tertiary/aromatic N) is 1. The number of anilines is 2. The molecule has 4 nitrogen and oxygen atoms in total. The Morgan fingerprint density at radius 2 is 1.76 bits per heavy atom. The van der Waals surface area contributed by atoms with Gasteiger partial charge in [0.2, 0.25) is 0 Å². The summed E-state index contributed by atoms with van der Waals surface area (Å²) < 4.78 is 0. The molecule has 3 N–H and O–H groups in total. The van der Waals surface area contributed by atoms with Crippen molar-refractivity contribution in [1.29, 1.82) is 0 Å². The van der Waals surface area contributed by atoms with E-state index >= 15 is 0 Å². The van der Waals surface area contributed by atoms with Gasteiger partial charge in [0.05, 0.1) is 5.56 Å². The van der Waals surface area contributed by atoms with Gasteiger partial charge in [0.25, 0.3) is 5.91 Å². The quantitative estimate of drug-likeness (QED) is 0.559.